The summed E-state index contributed by atoms with van der Waals surface area (Å²) in [6.45, 7) is 0. The van der Waals surface area contributed by atoms with Gasteiger partial charge in [-0.05, 0) is 71.2 Å². The third-order valence-electron chi connectivity index (χ3n) is 2.55. The molecule has 0 saturated heterocycles. The Morgan fingerprint density at radius 1 is 1.24 bits per heavy atom. The maximum Gasteiger partial charge on any atom is 0.257 e. The van der Waals surface area contributed by atoms with E-state index in [0.717, 1.165) is 3.57 Å². The van der Waals surface area contributed by atoms with E-state index >= 15 is 0 Å². The average molecular weight is 413 g/mol. The number of hydrogen-bond acceptors (Lipinski definition) is 4. The molecule has 0 aliphatic rings. The number of amides is 1. The highest BCUT2D eigenvalue weighted by atomic mass is 127. The van der Waals surface area contributed by atoms with Gasteiger partial charge in [0.05, 0.1) is 7.11 Å². The number of ether oxygens (including phenoxy) is 1. The summed E-state index contributed by atoms with van der Waals surface area (Å²) < 4.78 is 6.06. The van der Waals surface area contributed by atoms with Crippen molar-refractivity contribution < 1.29 is 9.53 Å². The number of carbonyl (C=O) groups excluding carboxylic acids is 1. The minimum absolute atomic E-state index is 0.199. The van der Waals surface area contributed by atoms with E-state index in [1.807, 2.05) is 6.07 Å². The average Bonchev–Trinajstić information content (AvgIpc) is 2.49. The van der Waals surface area contributed by atoms with Gasteiger partial charge in [-0.25, -0.2) is 4.98 Å². The molecule has 1 aromatic heterocycles. The van der Waals surface area contributed by atoms with Gasteiger partial charge in [-0.2, -0.15) is 0 Å². The fourth-order valence-electron chi connectivity index (χ4n) is 1.52. The maximum absolute atomic E-state index is 12.0. The lowest BCUT2D eigenvalue weighted by Crippen LogP contribution is -2.34. The lowest BCUT2D eigenvalue weighted by molar-refractivity contribution is 0.0977. The number of carbonyl (C=O) groups is 1. The molecule has 0 aliphatic carbocycles. The van der Waals surface area contributed by atoms with Gasteiger partial charge in [0, 0.05) is 15.3 Å². The van der Waals surface area contributed by atoms with Crippen LogP contribution in [0.1, 0.15) is 10.4 Å². The van der Waals surface area contributed by atoms with Gasteiger partial charge in [0.2, 0.25) is 0 Å². The predicted octanol–water partition coefficient (Wildman–Crippen LogP) is 2.82. The molecule has 0 saturated carbocycles. The molecule has 1 aromatic carbocycles. The smallest absolute Gasteiger partial charge is 0.257 e. The zero-order valence-electron chi connectivity index (χ0n) is 11.1. The number of nitrogens with one attached hydrogen (secondary N) is 2. The number of benzene rings is 1. The molecule has 2 rings (SSSR count). The van der Waals surface area contributed by atoms with Crippen molar-refractivity contribution >= 4 is 51.6 Å². The van der Waals surface area contributed by atoms with Crippen LogP contribution >= 0.6 is 34.8 Å². The van der Waals surface area contributed by atoms with Gasteiger partial charge in [0.1, 0.15) is 11.6 Å². The SMILES string of the molecule is COc1ccc(C(=O)NC(=S)Nc2ccc(I)cn2)cc1. The minimum Gasteiger partial charge on any atom is -0.497 e. The number of thiocarbonyl (C=S) groups is 1. The van der Waals surface area contributed by atoms with E-state index in [0.29, 0.717) is 17.1 Å². The Bertz CT molecular complexity index is 644. The zero-order chi connectivity index (χ0) is 15.2. The Balaban J connectivity index is 1.95. The summed E-state index contributed by atoms with van der Waals surface area (Å²) >= 11 is 7.24. The summed E-state index contributed by atoms with van der Waals surface area (Å²) in [5.41, 5.74) is 0.496. The highest BCUT2D eigenvalue weighted by Crippen LogP contribution is 2.11. The van der Waals surface area contributed by atoms with Crippen molar-refractivity contribution in [2.75, 3.05) is 12.4 Å². The van der Waals surface area contributed by atoms with E-state index < -0.39 is 0 Å². The van der Waals surface area contributed by atoms with Crippen LogP contribution in [0.3, 0.4) is 0 Å². The predicted molar refractivity (Wildman–Crippen MR) is 93.6 cm³/mol. The molecule has 2 aromatic rings. The van der Waals surface area contributed by atoms with Gasteiger partial charge >= 0.3 is 0 Å². The first kappa shape index (κ1) is 15.6. The molecule has 1 heterocycles. The summed E-state index contributed by atoms with van der Waals surface area (Å²) in [5, 5.41) is 5.65. The first-order valence-electron chi connectivity index (χ1n) is 5.96. The van der Waals surface area contributed by atoms with Crippen molar-refractivity contribution in [3.8, 4) is 5.75 Å². The van der Waals surface area contributed by atoms with Crippen LogP contribution in [-0.4, -0.2) is 23.1 Å². The van der Waals surface area contributed by atoms with Gasteiger partial charge in [0.15, 0.2) is 5.11 Å². The van der Waals surface area contributed by atoms with Gasteiger partial charge in [-0.1, -0.05) is 0 Å². The van der Waals surface area contributed by atoms with Crippen LogP contribution < -0.4 is 15.4 Å². The molecule has 1 amide bonds. The van der Waals surface area contributed by atoms with E-state index in [9.17, 15) is 4.79 Å². The molecule has 0 atom stereocenters. The first-order chi connectivity index (χ1) is 10.1. The molecule has 21 heavy (non-hydrogen) atoms. The maximum atomic E-state index is 12.0. The molecule has 0 spiro atoms. The standard InChI is InChI=1S/C14H12IN3O2S/c1-20-11-5-2-9(3-6-11)13(19)18-14(21)17-12-7-4-10(15)8-16-12/h2-8H,1H3,(H2,16,17,18,19,21). The molecule has 0 radical (unpaired) electrons. The third-order valence-corrected chi connectivity index (χ3v) is 3.39. The number of nitrogens with zero attached hydrogens (tertiary/aromatic N) is 1. The van der Waals surface area contributed by atoms with Crippen LogP contribution in [0.15, 0.2) is 42.6 Å². The van der Waals surface area contributed by atoms with Crippen molar-refractivity contribution in [2.45, 2.75) is 0 Å². The number of methoxy groups -OCH3 is 1. The molecule has 7 heteroatoms. The van der Waals surface area contributed by atoms with E-state index in [1.165, 1.54) is 0 Å². The van der Waals surface area contributed by atoms with Crippen molar-refractivity contribution in [1.29, 1.82) is 0 Å². The summed E-state index contributed by atoms with van der Waals surface area (Å²) in [6.07, 6.45) is 1.71. The van der Waals surface area contributed by atoms with Crippen molar-refractivity contribution in [1.82, 2.24) is 10.3 Å². The van der Waals surface area contributed by atoms with E-state index in [4.69, 9.17) is 17.0 Å². The fraction of sp³-hybridized carbons (Fsp3) is 0.0714. The highest BCUT2D eigenvalue weighted by molar-refractivity contribution is 14.1. The number of pyridine rings is 1. The molecule has 0 fully saturated rings. The number of anilines is 1. The zero-order valence-corrected chi connectivity index (χ0v) is 14.1. The summed E-state index contributed by atoms with van der Waals surface area (Å²) in [6, 6.07) is 10.4. The monoisotopic (exact) mass is 413 g/mol. The molecule has 2 N–H and O–H groups in total. The van der Waals surface area contributed by atoms with Crippen LogP contribution in [0.5, 0.6) is 5.75 Å². The van der Waals surface area contributed by atoms with Gasteiger partial charge in [0.25, 0.3) is 5.91 Å². The van der Waals surface area contributed by atoms with Crippen molar-refractivity contribution in [2.24, 2.45) is 0 Å². The Morgan fingerprint density at radius 2 is 1.95 bits per heavy atom. The van der Waals surface area contributed by atoms with E-state index in [2.05, 4.69) is 38.2 Å². The lowest BCUT2D eigenvalue weighted by atomic mass is 10.2. The van der Waals surface area contributed by atoms with Crippen LogP contribution in [-0.2, 0) is 0 Å². The summed E-state index contributed by atoms with van der Waals surface area (Å²) in [4.78, 5) is 16.1. The Labute approximate surface area is 141 Å². The molecule has 0 bridgehead atoms. The van der Waals surface area contributed by atoms with Crippen LogP contribution in [0.4, 0.5) is 5.82 Å². The Kier molecular flexibility index (Phi) is 5.45. The Morgan fingerprint density at radius 3 is 2.52 bits per heavy atom. The first-order valence-corrected chi connectivity index (χ1v) is 7.45. The normalized spacial score (nSPS) is 9.81. The second kappa shape index (κ2) is 7.32. The fourth-order valence-corrected chi connectivity index (χ4v) is 2.03. The Hall–Kier alpha value is -1.74. The van der Waals surface area contributed by atoms with Crippen LogP contribution in [0, 0.1) is 3.57 Å². The van der Waals surface area contributed by atoms with Crippen molar-refractivity contribution in [3.05, 3.63) is 51.7 Å². The van der Waals surface area contributed by atoms with Gasteiger partial charge in [-0.3, -0.25) is 10.1 Å². The molecular weight excluding hydrogens is 401 g/mol. The topological polar surface area (TPSA) is 63.2 Å². The lowest BCUT2D eigenvalue weighted by Gasteiger charge is -2.09. The molecular formula is C14H12IN3O2S. The van der Waals surface area contributed by atoms with Crippen molar-refractivity contribution in [3.63, 3.8) is 0 Å². The van der Waals surface area contributed by atoms with Gasteiger partial charge < -0.3 is 10.1 Å². The molecule has 108 valence electrons. The van der Waals surface area contributed by atoms with Crippen LogP contribution in [0.2, 0.25) is 0 Å². The molecule has 0 aliphatic heterocycles. The number of aromatic nitrogens is 1. The molecule has 5 nitrogen and oxygen atoms in total. The summed E-state index contributed by atoms with van der Waals surface area (Å²) in [7, 11) is 1.57. The summed E-state index contributed by atoms with van der Waals surface area (Å²) in [5.74, 6) is 0.978. The second-order valence-corrected chi connectivity index (χ2v) is 5.65. The number of halogens is 1. The quantitative estimate of drug-likeness (QED) is 0.599. The molecule has 0 unspecified atom stereocenters. The van der Waals surface area contributed by atoms with Gasteiger partial charge in [-0.15, -0.1) is 0 Å². The minimum atomic E-state index is -0.291. The number of rotatable bonds is 3. The van der Waals surface area contributed by atoms with E-state index in [-0.39, 0.29) is 11.0 Å². The largest absolute Gasteiger partial charge is 0.497 e. The second-order valence-electron chi connectivity index (χ2n) is 4.00. The van der Waals surface area contributed by atoms with Crippen LogP contribution in [0.25, 0.3) is 0 Å². The van der Waals surface area contributed by atoms with E-state index in [1.54, 1.807) is 43.6 Å². The highest BCUT2D eigenvalue weighted by Gasteiger charge is 2.08. The number of hydrogen-bond donors (Lipinski definition) is 2. The third kappa shape index (κ3) is 4.64.